The Morgan fingerprint density at radius 3 is 1.74 bits per heavy atom. The molecule has 4 aromatic heterocycles. The zero-order valence-corrected chi connectivity index (χ0v) is 44.9. The molecule has 0 N–H and O–H groups in total. The quantitative estimate of drug-likeness (QED) is 0.153. The van der Waals surface area contributed by atoms with E-state index in [1.165, 1.54) is 165 Å². The highest BCUT2D eigenvalue weighted by Crippen LogP contribution is 2.57. The summed E-state index contributed by atoms with van der Waals surface area (Å²) in [5.74, 6) is 0. The van der Waals surface area contributed by atoms with Gasteiger partial charge in [-0.15, -0.1) is 22.7 Å². The van der Waals surface area contributed by atoms with Crippen LogP contribution in [0.15, 0.2) is 144 Å². The maximum absolute atomic E-state index is 7.38. The molecule has 17 rings (SSSR count). The molecule has 9 aromatic carbocycles. The van der Waals surface area contributed by atoms with Crippen molar-refractivity contribution in [1.82, 2.24) is 4.57 Å². The molecule has 13 aromatic rings. The van der Waals surface area contributed by atoms with Crippen molar-refractivity contribution in [2.24, 2.45) is 0 Å². The standard InChI is InChI=1S/C68H55BN2OS2/c1-65(2)25-27-67(5,6)46-34-56-42(31-44(46)65)58-49(20-14-22-54(58)73-56)71-50-23-24-55-59(43-32-45-47(35-57(43)74-55)68(7,8)28-26-66(45,3)4)60(50)61-62-52(33-41-38-17-11-12-21-53(38)72-64(41)61)70-51-30-37-16-10-9-15-36(37)29-40(51)39-18-13-19-48(63(39)70)69(62)71/h9-24,29-35H,25-28H2,1-8H3. The van der Waals surface area contributed by atoms with Crippen LogP contribution in [0.5, 0.6) is 0 Å². The van der Waals surface area contributed by atoms with Crippen LogP contribution >= 0.6 is 22.7 Å². The Bertz CT molecular complexity index is 4760. The average molecular weight is 991 g/mol. The van der Waals surface area contributed by atoms with Gasteiger partial charge in [-0.05, 0) is 164 Å². The molecule has 6 heteroatoms. The third kappa shape index (κ3) is 5.24. The van der Waals surface area contributed by atoms with Gasteiger partial charge in [-0.1, -0.05) is 122 Å². The third-order valence-electron chi connectivity index (χ3n) is 19.2. The van der Waals surface area contributed by atoms with Crippen LogP contribution in [0.2, 0.25) is 0 Å². The fourth-order valence-electron chi connectivity index (χ4n) is 15.1. The largest absolute Gasteiger partial charge is 0.455 e. The molecule has 74 heavy (non-hydrogen) atoms. The van der Waals surface area contributed by atoms with Crippen molar-refractivity contribution in [2.75, 3.05) is 4.81 Å². The van der Waals surface area contributed by atoms with Gasteiger partial charge in [0.1, 0.15) is 11.2 Å². The number of benzene rings is 9. The Labute approximate surface area is 439 Å². The highest BCUT2D eigenvalue weighted by Gasteiger charge is 2.48. The number of hydrogen-bond acceptors (Lipinski definition) is 4. The van der Waals surface area contributed by atoms with Gasteiger partial charge < -0.3 is 13.8 Å². The maximum atomic E-state index is 7.38. The normalized spacial score (nSPS) is 17.9. The van der Waals surface area contributed by atoms with Crippen molar-refractivity contribution in [1.29, 1.82) is 0 Å². The summed E-state index contributed by atoms with van der Waals surface area (Å²) >= 11 is 3.94. The summed E-state index contributed by atoms with van der Waals surface area (Å²) in [5.41, 5.74) is 19.8. The van der Waals surface area contributed by atoms with E-state index < -0.39 is 0 Å². The van der Waals surface area contributed by atoms with Crippen molar-refractivity contribution in [3.8, 4) is 16.8 Å². The van der Waals surface area contributed by atoms with E-state index in [0.29, 0.717) is 0 Å². The minimum atomic E-state index is -0.163. The molecule has 6 heterocycles. The van der Waals surface area contributed by atoms with Crippen LogP contribution in [0.25, 0.3) is 112 Å². The highest BCUT2D eigenvalue weighted by molar-refractivity contribution is 7.26. The van der Waals surface area contributed by atoms with Gasteiger partial charge in [-0.2, -0.15) is 0 Å². The fourth-order valence-corrected chi connectivity index (χ4v) is 17.4. The Morgan fingerprint density at radius 2 is 1.04 bits per heavy atom. The Balaban J connectivity index is 1.08. The molecule has 3 nitrogen and oxygen atoms in total. The Kier molecular flexibility index (Phi) is 7.87. The minimum absolute atomic E-state index is 0.0601. The van der Waals surface area contributed by atoms with Crippen molar-refractivity contribution >= 4 is 147 Å². The summed E-state index contributed by atoms with van der Waals surface area (Å²) in [6, 6.07) is 54.7. The monoisotopic (exact) mass is 990 g/mol. The van der Waals surface area contributed by atoms with Gasteiger partial charge in [-0.3, -0.25) is 0 Å². The van der Waals surface area contributed by atoms with Crippen molar-refractivity contribution in [3.05, 3.63) is 162 Å². The fraction of sp³-hybridized carbons (Fsp3) is 0.235. The lowest BCUT2D eigenvalue weighted by molar-refractivity contribution is 0.332. The first-order chi connectivity index (χ1) is 35.6. The van der Waals surface area contributed by atoms with Crippen LogP contribution in [-0.2, 0) is 21.7 Å². The molecule has 2 aliphatic carbocycles. The first-order valence-corrected chi connectivity index (χ1v) is 28.6. The number of rotatable bonds is 1. The molecule has 2 aliphatic heterocycles. The number of para-hydroxylation sites is 2. The van der Waals surface area contributed by atoms with Crippen LogP contribution in [-0.4, -0.2) is 11.4 Å². The van der Waals surface area contributed by atoms with Crippen molar-refractivity contribution in [3.63, 3.8) is 0 Å². The second kappa shape index (κ2) is 13.7. The zero-order chi connectivity index (χ0) is 49.7. The van der Waals surface area contributed by atoms with E-state index in [-0.39, 0.29) is 28.5 Å². The summed E-state index contributed by atoms with van der Waals surface area (Å²) in [4.78, 5) is 2.81. The van der Waals surface area contributed by atoms with Crippen LogP contribution in [0.4, 0.5) is 11.4 Å². The molecular weight excluding hydrogens is 936 g/mol. The lowest BCUT2D eigenvalue weighted by atomic mass is 9.43. The van der Waals surface area contributed by atoms with E-state index in [9.17, 15) is 0 Å². The summed E-state index contributed by atoms with van der Waals surface area (Å²) in [7, 11) is 0. The van der Waals surface area contributed by atoms with E-state index >= 15 is 0 Å². The molecule has 0 fully saturated rings. The topological polar surface area (TPSA) is 21.3 Å². The molecule has 0 radical (unpaired) electrons. The second-order valence-electron chi connectivity index (χ2n) is 25.2. The number of furan rings is 1. The minimum Gasteiger partial charge on any atom is -0.455 e. The maximum Gasteiger partial charge on any atom is 0.333 e. The van der Waals surface area contributed by atoms with Gasteiger partial charge in [0.15, 0.2) is 0 Å². The highest BCUT2D eigenvalue weighted by atomic mass is 32.1. The summed E-state index contributed by atoms with van der Waals surface area (Å²) in [6.07, 6.45) is 4.74. The number of thiophene rings is 2. The van der Waals surface area contributed by atoms with Gasteiger partial charge in [0.05, 0.1) is 11.0 Å². The lowest BCUT2D eigenvalue weighted by Gasteiger charge is -2.43. The van der Waals surface area contributed by atoms with Gasteiger partial charge in [0, 0.05) is 90.1 Å². The lowest BCUT2D eigenvalue weighted by Crippen LogP contribution is -2.60. The molecule has 0 spiro atoms. The first-order valence-electron chi connectivity index (χ1n) is 26.9. The molecule has 4 aliphatic rings. The first kappa shape index (κ1) is 42.5. The van der Waals surface area contributed by atoms with E-state index in [4.69, 9.17) is 4.42 Å². The number of hydrogen-bond donors (Lipinski definition) is 0. The van der Waals surface area contributed by atoms with E-state index in [1.807, 2.05) is 22.7 Å². The molecule has 0 saturated heterocycles. The number of nitrogens with zero attached hydrogens (tertiary/aromatic N) is 2. The van der Waals surface area contributed by atoms with Gasteiger partial charge in [-0.25, -0.2) is 0 Å². The van der Waals surface area contributed by atoms with Crippen molar-refractivity contribution in [2.45, 2.75) is 103 Å². The second-order valence-corrected chi connectivity index (χ2v) is 27.4. The summed E-state index contributed by atoms with van der Waals surface area (Å²) < 4.78 is 15.4. The van der Waals surface area contributed by atoms with Gasteiger partial charge in [0.25, 0.3) is 0 Å². The number of aromatic nitrogens is 1. The smallest absolute Gasteiger partial charge is 0.333 e. The van der Waals surface area contributed by atoms with Crippen LogP contribution in [0.3, 0.4) is 0 Å². The van der Waals surface area contributed by atoms with E-state index in [2.05, 4.69) is 204 Å². The summed E-state index contributed by atoms with van der Waals surface area (Å²) in [5, 5.41) is 12.9. The number of anilines is 2. The Morgan fingerprint density at radius 1 is 0.446 bits per heavy atom. The average Bonchev–Trinajstić information content (AvgIpc) is 4.19. The molecule has 0 saturated carbocycles. The molecule has 0 bridgehead atoms. The molecule has 0 atom stereocenters. The van der Waals surface area contributed by atoms with Crippen LogP contribution < -0.4 is 15.7 Å². The molecule has 0 unspecified atom stereocenters. The third-order valence-corrected chi connectivity index (χ3v) is 21.5. The predicted molar refractivity (Wildman–Crippen MR) is 321 cm³/mol. The SMILES string of the molecule is CC1(C)CCC(C)(C)c2cc3c(cc21)sc1cccc(N2B4c5c(cc6c(oc7ccccc76)c5-c5c2ccc2sc6cc7c(cc6c52)C(C)(C)CCC7(C)C)-n2c5cc6ccccc6cc5c5cccc4c52)c13. The summed E-state index contributed by atoms with van der Waals surface area (Å²) in [6.45, 7) is 19.6. The van der Waals surface area contributed by atoms with E-state index in [0.717, 1.165) is 16.6 Å². The van der Waals surface area contributed by atoms with Gasteiger partial charge in [0.2, 0.25) is 0 Å². The van der Waals surface area contributed by atoms with Gasteiger partial charge >= 0.3 is 6.85 Å². The predicted octanol–water partition coefficient (Wildman–Crippen LogP) is 18.5. The molecule has 358 valence electrons. The van der Waals surface area contributed by atoms with E-state index in [1.54, 1.807) is 0 Å². The van der Waals surface area contributed by atoms with Crippen LogP contribution in [0.1, 0.15) is 103 Å². The Hall–Kier alpha value is -6.86. The van der Waals surface area contributed by atoms with Crippen LogP contribution in [0, 0.1) is 0 Å². The van der Waals surface area contributed by atoms with Crippen molar-refractivity contribution < 1.29 is 4.42 Å². The molecule has 0 amide bonds. The zero-order valence-electron chi connectivity index (χ0n) is 43.3. The number of fused-ring (bicyclic) bond motifs is 21. The molecular formula is C68H55BN2OS2.